The number of hydrogen-bond acceptors (Lipinski definition) is 4. The van der Waals surface area contributed by atoms with Crippen molar-refractivity contribution in [2.24, 2.45) is 0 Å². The number of hydrogen-bond donors (Lipinski definition) is 1. The van der Waals surface area contributed by atoms with Gasteiger partial charge < -0.3 is 4.98 Å². The number of imidazole rings is 1. The van der Waals surface area contributed by atoms with E-state index in [1.165, 1.54) is 27.3 Å². The number of halogens is 4. The normalized spacial score (nSPS) is 11.9. The molecule has 1 N–H and O–H groups in total. The number of carbonyl (C=O) groups excluding carboxylic acids is 1. The number of rotatable bonds is 3. The molecule has 0 fully saturated rings. The monoisotopic (exact) mass is 526 g/mol. The molecule has 0 saturated carbocycles. The van der Waals surface area contributed by atoms with Crippen LogP contribution < -0.4 is 0 Å². The summed E-state index contributed by atoms with van der Waals surface area (Å²) < 4.78 is 43.1. The molecule has 4 aromatic rings. The van der Waals surface area contributed by atoms with E-state index in [9.17, 15) is 18.0 Å². The van der Waals surface area contributed by atoms with Gasteiger partial charge in [0, 0.05) is 47.5 Å². The first-order valence-corrected chi connectivity index (χ1v) is 11.5. The van der Waals surface area contributed by atoms with Crippen molar-refractivity contribution in [3.05, 3.63) is 64.6 Å². The van der Waals surface area contributed by atoms with Gasteiger partial charge in [0.15, 0.2) is 5.82 Å². The standard InChI is InChI=1S/C19H10F3IN4OS/c1-9-6-12(19(20,21)22)15(11-4-5-27(29-23)16(9)11)17(28)18-25-13-3-2-10(8-24)7-14(13)26-18/h2-7H,1H3,(H,25,26). The first kappa shape index (κ1) is 19.8. The molecule has 2 aromatic heterocycles. The number of nitriles is 1. The predicted octanol–water partition coefficient (Wildman–Crippen LogP) is 5.79. The van der Waals surface area contributed by atoms with E-state index < -0.39 is 23.1 Å². The number of aryl methyl sites for hydroxylation is 1. The van der Waals surface area contributed by atoms with Gasteiger partial charge in [0.2, 0.25) is 5.78 Å². The fourth-order valence-corrected chi connectivity index (χ4v) is 4.74. The lowest BCUT2D eigenvalue weighted by molar-refractivity contribution is -0.137. The zero-order valence-corrected chi connectivity index (χ0v) is 17.6. The predicted molar refractivity (Wildman–Crippen MR) is 113 cm³/mol. The summed E-state index contributed by atoms with van der Waals surface area (Å²) in [5.74, 6) is -1.06. The minimum absolute atomic E-state index is 0.208. The zero-order valence-electron chi connectivity index (χ0n) is 14.6. The third-order valence-corrected chi connectivity index (χ3v) is 6.28. The van der Waals surface area contributed by atoms with Crippen molar-refractivity contribution in [1.82, 2.24) is 13.9 Å². The van der Waals surface area contributed by atoms with Crippen molar-refractivity contribution in [3.63, 3.8) is 0 Å². The van der Waals surface area contributed by atoms with E-state index >= 15 is 0 Å². The Labute approximate surface area is 178 Å². The molecule has 0 aliphatic carbocycles. The molecular formula is C19H10F3IN4OS. The number of benzene rings is 2. The highest BCUT2D eigenvalue weighted by Crippen LogP contribution is 2.40. The van der Waals surface area contributed by atoms with E-state index in [0.717, 1.165) is 6.07 Å². The van der Waals surface area contributed by atoms with Gasteiger partial charge in [0.25, 0.3) is 0 Å². The van der Waals surface area contributed by atoms with E-state index in [0.29, 0.717) is 27.7 Å². The van der Waals surface area contributed by atoms with Gasteiger partial charge in [-0.1, -0.05) is 0 Å². The van der Waals surface area contributed by atoms with Crippen LogP contribution in [-0.4, -0.2) is 19.7 Å². The summed E-state index contributed by atoms with van der Waals surface area (Å²) in [6, 6.07) is 9.04. The Morgan fingerprint density at radius 1 is 1.31 bits per heavy atom. The van der Waals surface area contributed by atoms with Crippen LogP contribution in [0.25, 0.3) is 21.9 Å². The molecule has 0 amide bonds. The summed E-state index contributed by atoms with van der Waals surface area (Å²) in [6.07, 6.45) is -3.08. The van der Waals surface area contributed by atoms with Gasteiger partial charge in [-0.15, -0.1) is 0 Å². The molecule has 146 valence electrons. The average molecular weight is 526 g/mol. The molecule has 0 bridgehead atoms. The number of nitrogens with zero attached hydrogens (tertiary/aromatic N) is 3. The largest absolute Gasteiger partial charge is 0.417 e. The molecule has 0 aliphatic heterocycles. The second-order valence-electron chi connectivity index (χ2n) is 6.34. The van der Waals surface area contributed by atoms with Gasteiger partial charge in [0.05, 0.1) is 33.7 Å². The number of aromatic nitrogens is 3. The first-order chi connectivity index (χ1) is 13.7. The van der Waals surface area contributed by atoms with Crippen LogP contribution in [0.2, 0.25) is 0 Å². The maximum atomic E-state index is 13.8. The lowest BCUT2D eigenvalue weighted by Gasteiger charge is -2.15. The Hall–Kier alpha value is -2.52. The lowest BCUT2D eigenvalue weighted by atomic mass is 9.95. The topological polar surface area (TPSA) is 74.5 Å². The summed E-state index contributed by atoms with van der Waals surface area (Å²) in [5, 5.41) is 9.22. The van der Waals surface area contributed by atoms with Crippen LogP contribution in [-0.2, 0) is 6.18 Å². The Morgan fingerprint density at radius 2 is 2.07 bits per heavy atom. The minimum atomic E-state index is -4.70. The number of H-pyrrole nitrogens is 1. The number of alkyl halides is 3. The molecule has 10 heteroatoms. The molecule has 0 saturated heterocycles. The van der Waals surface area contributed by atoms with Crippen LogP contribution in [0.4, 0.5) is 13.2 Å². The number of aromatic amines is 1. The zero-order chi connectivity index (χ0) is 20.9. The fraction of sp³-hybridized carbons (Fsp3) is 0.105. The fourth-order valence-electron chi connectivity index (χ4n) is 3.34. The van der Waals surface area contributed by atoms with E-state index in [1.807, 2.05) is 27.3 Å². The van der Waals surface area contributed by atoms with Crippen molar-refractivity contribution < 1.29 is 18.0 Å². The van der Waals surface area contributed by atoms with Gasteiger partial charge in [-0.2, -0.15) is 18.4 Å². The summed E-state index contributed by atoms with van der Waals surface area (Å²) in [4.78, 5) is 20.1. The van der Waals surface area contributed by atoms with Gasteiger partial charge in [-0.05, 0) is 42.8 Å². The van der Waals surface area contributed by atoms with Crippen LogP contribution in [0, 0.1) is 18.3 Å². The van der Waals surface area contributed by atoms with Gasteiger partial charge in [-0.3, -0.25) is 8.77 Å². The maximum absolute atomic E-state index is 13.8. The van der Waals surface area contributed by atoms with Crippen LogP contribution >= 0.6 is 30.3 Å². The smallest absolute Gasteiger partial charge is 0.335 e. The van der Waals surface area contributed by atoms with Gasteiger partial charge in [-0.25, -0.2) is 4.98 Å². The van der Waals surface area contributed by atoms with Gasteiger partial charge >= 0.3 is 6.18 Å². The van der Waals surface area contributed by atoms with E-state index in [2.05, 4.69) is 9.97 Å². The summed E-state index contributed by atoms with van der Waals surface area (Å²) in [6.45, 7) is 1.58. The summed E-state index contributed by atoms with van der Waals surface area (Å²) in [7, 11) is 1.30. The molecule has 5 nitrogen and oxygen atoms in total. The first-order valence-electron chi connectivity index (χ1n) is 8.20. The van der Waals surface area contributed by atoms with Crippen molar-refractivity contribution in [2.75, 3.05) is 0 Å². The number of fused-ring (bicyclic) bond motifs is 2. The lowest BCUT2D eigenvalue weighted by Crippen LogP contribution is -2.16. The Kier molecular flexibility index (Phi) is 4.82. The summed E-state index contributed by atoms with van der Waals surface area (Å²) in [5.41, 5.74) is 0.674. The highest BCUT2D eigenvalue weighted by Gasteiger charge is 2.38. The molecule has 0 aliphatic rings. The molecule has 2 heterocycles. The van der Waals surface area contributed by atoms with E-state index in [4.69, 9.17) is 5.26 Å². The number of nitrogens with one attached hydrogen (secondary N) is 1. The number of carbonyl (C=O) groups is 1. The third kappa shape index (κ3) is 3.28. The maximum Gasteiger partial charge on any atom is 0.417 e. The van der Waals surface area contributed by atoms with Crippen molar-refractivity contribution >= 4 is 58.0 Å². The third-order valence-electron chi connectivity index (χ3n) is 4.56. The van der Waals surface area contributed by atoms with Crippen LogP contribution in [0.15, 0.2) is 36.5 Å². The highest BCUT2D eigenvalue weighted by molar-refractivity contribution is 14.2. The SMILES string of the molecule is Cc1cc(C(F)(F)F)c(C(=O)c2nc3ccc(C#N)cc3[nH]2)c2ccn(SI)c12. The highest BCUT2D eigenvalue weighted by atomic mass is 127. The van der Waals surface area contributed by atoms with Crippen LogP contribution in [0.1, 0.15) is 32.9 Å². The van der Waals surface area contributed by atoms with Crippen molar-refractivity contribution in [2.45, 2.75) is 13.1 Å². The molecule has 0 unspecified atom stereocenters. The average Bonchev–Trinajstić information content (AvgIpc) is 3.30. The summed E-state index contributed by atoms with van der Waals surface area (Å²) >= 11 is 2.02. The molecule has 0 atom stereocenters. The Morgan fingerprint density at radius 3 is 2.72 bits per heavy atom. The molecule has 4 rings (SSSR count). The van der Waals surface area contributed by atoms with Crippen LogP contribution in [0.3, 0.4) is 0 Å². The quantitative estimate of drug-likeness (QED) is 0.271. The van der Waals surface area contributed by atoms with E-state index in [1.54, 1.807) is 23.2 Å². The molecular weight excluding hydrogens is 516 g/mol. The Bertz CT molecular complexity index is 1330. The van der Waals surface area contributed by atoms with Crippen molar-refractivity contribution in [1.29, 1.82) is 5.26 Å². The van der Waals surface area contributed by atoms with E-state index in [-0.39, 0.29) is 11.2 Å². The molecule has 0 radical (unpaired) electrons. The second kappa shape index (κ2) is 7.07. The number of ketones is 1. The van der Waals surface area contributed by atoms with Crippen molar-refractivity contribution in [3.8, 4) is 6.07 Å². The van der Waals surface area contributed by atoms with Gasteiger partial charge in [0.1, 0.15) is 0 Å². The second-order valence-corrected chi connectivity index (χ2v) is 8.06. The minimum Gasteiger partial charge on any atom is -0.335 e. The Balaban J connectivity index is 1.99. The molecule has 2 aromatic carbocycles. The molecule has 29 heavy (non-hydrogen) atoms. The van der Waals surface area contributed by atoms with Crippen LogP contribution in [0.5, 0.6) is 0 Å². The molecule has 0 spiro atoms.